The van der Waals surface area contributed by atoms with E-state index in [9.17, 15) is 9.59 Å². The van der Waals surface area contributed by atoms with Crippen LogP contribution in [0.25, 0.3) is 0 Å². The molecule has 2 aromatic carbocycles. The van der Waals surface area contributed by atoms with E-state index in [0.717, 1.165) is 49.2 Å². The third-order valence-electron chi connectivity index (χ3n) is 7.35. The lowest BCUT2D eigenvalue weighted by Crippen LogP contribution is -2.62. The topological polar surface area (TPSA) is 68.3 Å². The van der Waals surface area contributed by atoms with Crippen LogP contribution in [0.1, 0.15) is 50.2 Å². The average molecular weight is 509 g/mol. The zero-order chi connectivity index (χ0) is 26.1. The number of unbranched alkanes of at least 4 members (excludes halogenated alkanes) is 1. The Balaban J connectivity index is 1.53. The van der Waals surface area contributed by atoms with Crippen LogP contribution in [0.5, 0.6) is 11.5 Å². The van der Waals surface area contributed by atoms with Gasteiger partial charge in [-0.05, 0) is 61.4 Å². The average Bonchev–Trinajstić information content (AvgIpc) is 2.93. The molecule has 0 N–H and O–H groups in total. The van der Waals surface area contributed by atoms with Crippen LogP contribution in [-0.2, 0) is 27.2 Å². The Morgan fingerprint density at radius 2 is 1.95 bits per heavy atom. The van der Waals surface area contributed by atoms with Crippen LogP contribution in [0.2, 0.25) is 0 Å². The minimum Gasteiger partial charge on any atom is -0.497 e. The molecule has 2 heterocycles. The number of fused-ring (bicyclic) bond motifs is 1. The van der Waals surface area contributed by atoms with Crippen molar-refractivity contribution >= 4 is 11.8 Å². The molecule has 4 rings (SSSR count). The van der Waals surface area contributed by atoms with Crippen molar-refractivity contribution in [2.24, 2.45) is 0 Å². The highest BCUT2D eigenvalue weighted by molar-refractivity contribution is 5.87. The molecule has 0 bridgehead atoms. The maximum atomic E-state index is 14.1. The van der Waals surface area contributed by atoms with Crippen LogP contribution >= 0.6 is 0 Å². The molecule has 1 saturated heterocycles. The van der Waals surface area contributed by atoms with Gasteiger partial charge in [-0.15, -0.1) is 0 Å². The molecule has 0 radical (unpaired) electrons. The van der Waals surface area contributed by atoms with Gasteiger partial charge in [0.1, 0.15) is 18.1 Å². The predicted molar refractivity (Wildman–Crippen MR) is 143 cm³/mol. The van der Waals surface area contributed by atoms with E-state index in [1.54, 1.807) is 7.11 Å². The maximum Gasteiger partial charge on any atom is 0.256 e. The Morgan fingerprint density at radius 1 is 1.08 bits per heavy atom. The van der Waals surface area contributed by atoms with E-state index in [4.69, 9.17) is 14.2 Å². The number of ether oxygens (including phenoxy) is 3. The zero-order valence-electron chi connectivity index (χ0n) is 22.2. The van der Waals surface area contributed by atoms with Gasteiger partial charge in [0.2, 0.25) is 5.91 Å². The molecule has 7 nitrogen and oxygen atoms in total. The van der Waals surface area contributed by atoms with Crippen molar-refractivity contribution in [2.45, 2.75) is 57.5 Å². The van der Waals surface area contributed by atoms with Gasteiger partial charge in [-0.2, -0.15) is 0 Å². The van der Waals surface area contributed by atoms with Crippen molar-refractivity contribution < 1.29 is 23.8 Å². The van der Waals surface area contributed by atoms with E-state index >= 15 is 0 Å². The molecular weight excluding hydrogens is 468 g/mol. The fourth-order valence-corrected chi connectivity index (χ4v) is 5.25. The van der Waals surface area contributed by atoms with Crippen LogP contribution in [0, 0.1) is 0 Å². The molecule has 2 aromatic rings. The summed E-state index contributed by atoms with van der Waals surface area (Å²) in [6.07, 6.45) is 5.42. The van der Waals surface area contributed by atoms with Gasteiger partial charge in [-0.25, -0.2) is 0 Å². The lowest BCUT2D eigenvalue weighted by atomic mass is 9.90. The molecule has 1 unspecified atom stereocenters. The van der Waals surface area contributed by atoms with E-state index < -0.39 is 5.60 Å². The van der Waals surface area contributed by atoms with Crippen molar-refractivity contribution in [1.82, 2.24) is 9.80 Å². The normalized spacial score (nSPS) is 21.0. The van der Waals surface area contributed by atoms with E-state index in [2.05, 4.69) is 13.0 Å². The Bertz CT molecular complexity index is 1060. The van der Waals surface area contributed by atoms with Gasteiger partial charge < -0.3 is 24.0 Å². The molecule has 1 fully saturated rings. The number of hydrogen-bond donors (Lipinski definition) is 0. The van der Waals surface area contributed by atoms with Crippen LogP contribution in [0.15, 0.2) is 48.5 Å². The SMILES string of the molecule is CCCCN1CCOc2ccccc2CCCCC2(CN(C(=O)Cc3cccc(OC)c3)CCO2)C1=O. The first-order valence-electron chi connectivity index (χ1n) is 13.6. The number of benzene rings is 2. The van der Waals surface area contributed by atoms with Gasteiger partial charge >= 0.3 is 0 Å². The molecule has 1 atom stereocenters. The third-order valence-corrected chi connectivity index (χ3v) is 7.35. The van der Waals surface area contributed by atoms with Gasteiger partial charge in [-0.1, -0.05) is 43.7 Å². The highest BCUT2D eigenvalue weighted by Crippen LogP contribution is 2.30. The first-order valence-corrected chi connectivity index (χ1v) is 13.6. The van der Waals surface area contributed by atoms with Crippen molar-refractivity contribution in [1.29, 1.82) is 0 Å². The van der Waals surface area contributed by atoms with Gasteiger partial charge in [-0.3, -0.25) is 9.59 Å². The molecule has 7 heteroatoms. The van der Waals surface area contributed by atoms with Crippen LogP contribution in [0.3, 0.4) is 0 Å². The Morgan fingerprint density at radius 3 is 2.78 bits per heavy atom. The molecule has 2 amide bonds. The van der Waals surface area contributed by atoms with Crippen molar-refractivity contribution in [2.75, 3.05) is 46.5 Å². The Hall–Kier alpha value is -3.06. The largest absolute Gasteiger partial charge is 0.497 e. The quantitative estimate of drug-likeness (QED) is 0.583. The van der Waals surface area contributed by atoms with Crippen LogP contribution in [0.4, 0.5) is 0 Å². The van der Waals surface area contributed by atoms with E-state index in [1.165, 1.54) is 5.56 Å². The predicted octanol–water partition coefficient (Wildman–Crippen LogP) is 4.27. The highest BCUT2D eigenvalue weighted by atomic mass is 16.5. The van der Waals surface area contributed by atoms with E-state index in [1.807, 2.05) is 52.3 Å². The standard InChI is InChI=1S/C30H40N2O5/c1-3-4-16-31-17-19-36-27-14-6-5-11-25(27)12-7-8-15-30(29(31)34)23-32(18-20-37-30)28(33)22-24-10-9-13-26(21-24)35-2/h5-6,9-11,13-14,21H,3-4,7-8,12,15-20,22-23H2,1-2H3. The molecule has 2 aliphatic heterocycles. The van der Waals surface area contributed by atoms with Gasteiger partial charge in [0.25, 0.3) is 5.91 Å². The summed E-state index contributed by atoms with van der Waals surface area (Å²) >= 11 is 0. The second kappa shape index (κ2) is 13.0. The molecule has 1 spiro atoms. The maximum absolute atomic E-state index is 14.1. The molecule has 37 heavy (non-hydrogen) atoms. The smallest absolute Gasteiger partial charge is 0.256 e. The molecule has 2 aliphatic rings. The van der Waals surface area contributed by atoms with Crippen LogP contribution < -0.4 is 9.47 Å². The number of rotatable bonds is 6. The number of carbonyl (C=O) groups is 2. The van der Waals surface area contributed by atoms with E-state index in [0.29, 0.717) is 39.3 Å². The second-order valence-electron chi connectivity index (χ2n) is 10.00. The molecule has 0 aromatic heterocycles. The number of aryl methyl sites for hydroxylation is 1. The zero-order valence-corrected chi connectivity index (χ0v) is 22.2. The summed E-state index contributed by atoms with van der Waals surface area (Å²) < 4.78 is 17.8. The summed E-state index contributed by atoms with van der Waals surface area (Å²) in [5, 5.41) is 0. The summed E-state index contributed by atoms with van der Waals surface area (Å²) in [6, 6.07) is 15.7. The summed E-state index contributed by atoms with van der Waals surface area (Å²) in [6.45, 7) is 4.84. The number of methoxy groups -OCH3 is 1. The van der Waals surface area contributed by atoms with Crippen molar-refractivity contribution in [3.63, 3.8) is 0 Å². The van der Waals surface area contributed by atoms with Gasteiger partial charge in [0.05, 0.1) is 33.2 Å². The Kier molecular flexibility index (Phi) is 9.45. The molecule has 0 aliphatic carbocycles. The fraction of sp³-hybridized carbons (Fsp3) is 0.533. The minimum absolute atomic E-state index is 0.00668. The number of morpholine rings is 1. The van der Waals surface area contributed by atoms with Crippen molar-refractivity contribution in [3.8, 4) is 11.5 Å². The number of nitrogens with zero attached hydrogens (tertiary/aromatic N) is 2. The Labute approximate surface area is 220 Å². The fourth-order valence-electron chi connectivity index (χ4n) is 5.25. The van der Waals surface area contributed by atoms with Gasteiger partial charge in [0.15, 0.2) is 5.60 Å². The highest BCUT2D eigenvalue weighted by Gasteiger charge is 2.46. The van der Waals surface area contributed by atoms with Gasteiger partial charge in [0, 0.05) is 13.1 Å². The lowest BCUT2D eigenvalue weighted by molar-refractivity contribution is -0.176. The monoisotopic (exact) mass is 508 g/mol. The number of carbonyl (C=O) groups excluding carboxylic acids is 2. The minimum atomic E-state index is -1.02. The van der Waals surface area contributed by atoms with E-state index in [-0.39, 0.29) is 24.8 Å². The summed E-state index contributed by atoms with van der Waals surface area (Å²) in [5.74, 6) is 1.63. The summed E-state index contributed by atoms with van der Waals surface area (Å²) in [4.78, 5) is 31.2. The first kappa shape index (κ1) is 27.0. The lowest BCUT2D eigenvalue weighted by Gasteiger charge is -2.44. The first-order chi connectivity index (χ1) is 18.0. The van der Waals surface area contributed by atoms with Crippen LogP contribution in [-0.4, -0.2) is 73.7 Å². The molecular formula is C30H40N2O5. The number of para-hydroxylation sites is 1. The third kappa shape index (κ3) is 6.83. The summed E-state index contributed by atoms with van der Waals surface area (Å²) in [5.41, 5.74) is 1.08. The molecule has 0 saturated carbocycles. The summed E-state index contributed by atoms with van der Waals surface area (Å²) in [7, 11) is 1.62. The number of hydrogen-bond acceptors (Lipinski definition) is 5. The number of amides is 2. The van der Waals surface area contributed by atoms with Crippen molar-refractivity contribution in [3.05, 3.63) is 59.7 Å². The second-order valence-corrected chi connectivity index (χ2v) is 10.00. The molecule has 200 valence electrons.